The largest absolute Gasteiger partial charge is 0.348 e. The molecule has 1 aromatic heterocycles. The monoisotopic (exact) mass is 241 g/mol. The van der Waals surface area contributed by atoms with Crippen LogP contribution in [-0.2, 0) is 6.54 Å². The highest BCUT2D eigenvalue weighted by atomic mass is 32.1. The van der Waals surface area contributed by atoms with Gasteiger partial charge < -0.3 is 10.2 Å². The van der Waals surface area contributed by atoms with Crippen molar-refractivity contribution in [1.29, 1.82) is 0 Å². The molecule has 0 amide bonds. The van der Waals surface area contributed by atoms with Crippen LogP contribution in [0.4, 0.5) is 5.13 Å². The van der Waals surface area contributed by atoms with E-state index < -0.39 is 0 Å². The van der Waals surface area contributed by atoms with Crippen molar-refractivity contribution >= 4 is 16.5 Å². The van der Waals surface area contributed by atoms with E-state index in [-0.39, 0.29) is 0 Å². The highest BCUT2D eigenvalue weighted by Crippen LogP contribution is 2.24. The number of hydrogen-bond acceptors (Lipinski definition) is 4. The lowest BCUT2D eigenvalue weighted by molar-refractivity contribution is 0.504. The first-order valence-electron chi connectivity index (χ1n) is 5.86. The van der Waals surface area contributed by atoms with E-state index in [4.69, 9.17) is 0 Å². The summed E-state index contributed by atoms with van der Waals surface area (Å²) in [6, 6.07) is 0.550. The third-order valence-electron chi connectivity index (χ3n) is 2.67. The van der Waals surface area contributed by atoms with Crippen molar-refractivity contribution in [2.45, 2.75) is 39.8 Å². The molecule has 3 nitrogen and oxygen atoms in total. The molecule has 1 rings (SSSR count). The van der Waals surface area contributed by atoms with Gasteiger partial charge in [-0.2, -0.15) is 0 Å². The molecule has 0 fully saturated rings. The Morgan fingerprint density at radius 3 is 2.69 bits per heavy atom. The fourth-order valence-corrected chi connectivity index (χ4v) is 2.73. The van der Waals surface area contributed by atoms with Crippen molar-refractivity contribution in [3.63, 3.8) is 0 Å². The summed E-state index contributed by atoms with van der Waals surface area (Å²) in [5.41, 5.74) is 0. The summed E-state index contributed by atoms with van der Waals surface area (Å²) in [6.07, 6.45) is 3.17. The molecule has 0 aromatic carbocycles. The smallest absolute Gasteiger partial charge is 0.185 e. The molecule has 0 aliphatic carbocycles. The van der Waals surface area contributed by atoms with E-state index in [2.05, 4.69) is 43.0 Å². The van der Waals surface area contributed by atoms with Gasteiger partial charge in [-0.05, 0) is 26.3 Å². The molecule has 1 N–H and O–H groups in total. The number of hydrogen-bond donors (Lipinski definition) is 1. The van der Waals surface area contributed by atoms with Crippen LogP contribution in [0, 0.1) is 5.92 Å². The molecular formula is C12H23N3S. The average molecular weight is 241 g/mol. The van der Waals surface area contributed by atoms with Gasteiger partial charge >= 0.3 is 0 Å². The molecule has 0 aliphatic rings. The highest BCUT2D eigenvalue weighted by molar-refractivity contribution is 7.15. The minimum Gasteiger partial charge on any atom is -0.348 e. The first kappa shape index (κ1) is 13.5. The Labute approximate surface area is 103 Å². The minimum absolute atomic E-state index is 0.550. The van der Waals surface area contributed by atoms with E-state index in [1.165, 1.54) is 11.3 Å². The Balaban J connectivity index is 2.60. The van der Waals surface area contributed by atoms with E-state index >= 15 is 0 Å². The standard InChI is InChI=1S/C12H23N3S/c1-9(2)6-10(3)15(5)12-14-8-11(16-12)7-13-4/h8-10,13H,6-7H2,1-5H3. The number of thiazole rings is 1. The van der Waals surface area contributed by atoms with Gasteiger partial charge in [-0.3, -0.25) is 0 Å². The Morgan fingerprint density at radius 2 is 2.12 bits per heavy atom. The number of rotatable bonds is 6. The van der Waals surface area contributed by atoms with E-state index in [1.54, 1.807) is 11.3 Å². The Bertz CT molecular complexity index is 309. The predicted octanol–water partition coefficient (Wildman–Crippen LogP) is 2.73. The quantitative estimate of drug-likeness (QED) is 0.830. The van der Waals surface area contributed by atoms with Crippen molar-refractivity contribution in [2.75, 3.05) is 19.0 Å². The third-order valence-corrected chi connectivity index (χ3v) is 3.76. The fraction of sp³-hybridized carbons (Fsp3) is 0.750. The summed E-state index contributed by atoms with van der Waals surface area (Å²) in [5.74, 6) is 0.731. The molecular weight excluding hydrogens is 218 g/mol. The minimum atomic E-state index is 0.550. The molecule has 0 saturated heterocycles. The number of anilines is 1. The zero-order valence-corrected chi connectivity index (χ0v) is 11.8. The molecule has 4 heteroatoms. The first-order valence-corrected chi connectivity index (χ1v) is 6.68. The number of nitrogens with zero attached hydrogens (tertiary/aromatic N) is 2. The van der Waals surface area contributed by atoms with Crippen molar-refractivity contribution in [3.8, 4) is 0 Å². The number of aromatic nitrogens is 1. The molecule has 16 heavy (non-hydrogen) atoms. The van der Waals surface area contributed by atoms with Crippen LogP contribution < -0.4 is 10.2 Å². The van der Waals surface area contributed by atoms with Crippen LogP contribution in [0.25, 0.3) is 0 Å². The van der Waals surface area contributed by atoms with Crippen LogP contribution in [0.1, 0.15) is 32.1 Å². The van der Waals surface area contributed by atoms with Gasteiger partial charge in [0.25, 0.3) is 0 Å². The van der Waals surface area contributed by atoms with Gasteiger partial charge in [-0.1, -0.05) is 13.8 Å². The summed E-state index contributed by atoms with van der Waals surface area (Å²) in [7, 11) is 4.10. The molecule has 0 spiro atoms. The zero-order chi connectivity index (χ0) is 12.1. The zero-order valence-electron chi connectivity index (χ0n) is 10.9. The van der Waals surface area contributed by atoms with Crippen LogP contribution in [0.2, 0.25) is 0 Å². The second-order valence-corrected chi connectivity index (χ2v) is 5.82. The number of nitrogens with one attached hydrogen (secondary N) is 1. The van der Waals surface area contributed by atoms with Crippen molar-refractivity contribution < 1.29 is 0 Å². The lowest BCUT2D eigenvalue weighted by Crippen LogP contribution is -2.29. The maximum Gasteiger partial charge on any atom is 0.185 e. The summed E-state index contributed by atoms with van der Waals surface area (Å²) < 4.78 is 0. The third kappa shape index (κ3) is 3.76. The van der Waals surface area contributed by atoms with Crippen LogP contribution in [0.3, 0.4) is 0 Å². The molecule has 1 aromatic rings. The summed E-state index contributed by atoms with van der Waals surface area (Å²) in [4.78, 5) is 8.04. The summed E-state index contributed by atoms with van der Waals surface area (Å²) in [5, 5.41) is 4.27. The maximum atomic E-state index is 4.47. The molecule has 0 bridgehead atoms. The molecule has 0 aliphatic heterocycles. The average Bonchev–Trinajstić information content (AvgIpc) is 2.64. The lowest BCUT2D eigenvalue weighted by atomic mass is 10.0. The van der Waals surface area contributed by atoms with Crippen LogP contribution >= 0.6 is 11.3 Å². The van der Waals surface area contributed by atoms with Gasteiger partial charge in [0.1, 0.15) is 0 Å². The van der Waals surface area contributed by atoms with Gasteiger partial charge in [0.05, 0.1) is 0 Å². The van der Waals surface area contributed by atoms with E-state index in [9.17, 15) is 0 Å². The predicted molar refractivity (Wildman–Crippen MR) is 72.2 cm³/mol. The second-order valence-electron chi connectivity index (χ2n) is 4.73. The van der Waals surface area contributed by atoms with E-state index in [1.807, 2.05) is 13.2 Å². The van der Waals surface area contributed by atoms with E-state index in [0.717, 1.165) is 17.6 Å². The van der Waals surface area contributed by atoms with Crippen molar-refractivity contribution in [3.05, 3.63) is 11.1 Å². The fourth-order valence-electron chi connectivity index (χ4n) is 1.75. The Morgan fingerprint density at radius 1 is 1.44 bits per heavy atom. The van der Waals surface area contributed by atoms with Gasteiger partial charge in [-0.15, -0.1) is 11.3 Å². The van der Waals surface area contributed by atoms with Crippen LogP contribution in [0.15, 0.2) is 6.20 Å². The molecule has 0 radical (unpaired) electrons. The van der Waals surface area contributed by atoms with Gasteiger partial charge in [0, 0.05) is 30.7 Å². The van der Waals surface area contributed by atoms with Crippen LogP contribution in [-0.4, -0.2) is 25.1 Å². The molecule has 1 unspecified atom stereocenters. The van der Waals surface area contributed by atoms with Crippen LogP contribution in [0.5, 0.6) is 0 Å². The van der Waals surface area contributed by atoms with Gasteiger partial charge in [0.2, 0.25) is 0 Å². The topological polar surface area (TPSA) is 28.2 Å². The van der Waals surface area contributed by atoms with Gasteiger partial charge in [0.15, 0.2) is 5.13 Å². The van der Waals surface area contributed by atoms with Gasteiger partial charge in [-0.25, -0.2) is 4.98 Å². The Hall–Kier alpha value is -0.610. The normalized spacial score (nSPS) is 13.1. The molecule has 1 atom stereocenters. The SMILES string of the molecule is CNCc1cnc(N(C)C(C)CC(C)C)s1. The van der Waals surface area contributed by atoms with Crippen molar-refractivity contribution in [1.82, 2.24) is 10.3 Å². The first-order chi connectivity index (χ1) is 7.54. The lowest BCUT2D eigenvalue weighted by Gasteiger charge is -2.25. The molecule has 1 heterocycles. The second kappa shape index (κ2) is 6.21. The van der Waals surface area contributed by atoms with Crippen molar-refractivity contribution in [2.24, 2.45) is 5.92 Å². The summed E-state index contributed by atoms with van der Waals surface area (Å²) >= 11 is 1.77. The summed E-state index contributed by atoms with van der Waals surface area (Å²) in [6.45, 7) is 7.69. The maximum absolute atomic E-state index is 4.47. The highest BCUT2D eigenvalue weighted by Gasteiger charge is 2.14. The molecule has 0 saturated carbocycles. The molecule has 92 valence electrons. The Kier molecular flexibility index (Phi) is 5.22. The van der Waals surface area contributed by atoms with E-state index in [0.29, 0.717) is 6.04 Å².